The van der Waals surface area contributed by atoms with Crippen LogP contribution < -0.4 is 10.2 Å². The number of nitrogens with zero attached hydrogens (tertiary/aromatic N) is 6. The summed E-state index contributed by atoms with van der Waals surface area (Å²) in [7, 11) is 0.484. The first kappa shape index (κ1) is 25.3. The van der Waals surface area contributed by atoms with Gasteiger partial charge in [-0.2, -0.15) is 4.31 Å². The molecular formula is C19H30IN7O3S. The zero-order valence-electron chi connectivity index (χ0n) is 18.1. The number of aromatic nitrogens is 2. The lowest BCUT2D eigenvalue weighted by atomic mass is 10.2. The Morgan fingerprint density at radius 1 is 1.26 bits per heavy atom. The summed E-state index contributed by atoms with van der Waals surface area (Å²) in [4.78, 5) is 13.1. The van der Waals surface area contributed by atoms with Gasteiger partial charge in [-0.15, -0.1) is 24.0 Å². The van der Waals surface area contributed by atoms with E-state index in [1.54, 1.807) is 12.3 Å². The molecule has 0 radical (unpaired) electrons. The first-order valence-corrected chi connectivity index (χ1v) is 11.5. The molecule has 2 aromatic heterocycles. The number of piperazine rings is 1. The molecule has 0 atom stereocenters. The van der Waals surface area contributed by atoms with E-state index in [4.69, 9.17) is 9.52 Å². The molecule has 2 aromatic rings. The molecule has 0 unspecified atom stereocenters. The second-order valence-corrected chi connectivity index (χ2v) is 9.19. The molecule has 0 amide bonds. The van der Waals surface area contributed by atoms with Crippen LogP contribution in [0, 0.1) is 0 Å². The predicted molar refractivity (Wildman–Crippen MR) is 131 cm³/mol. The summed E-state index contributed by atoms with van der Waals surface area (Å²) < 4.78 is 31.5. The third-order valence-corrected chi connectivity index (χ3v) is 6.58. The number of hydrogen-bond acceptors (Lipinski definition) is 7. The summed E-state index contributed by atoms with van der Waals surface area (Å²) in [6, 6.07) is 5.54. The van der Waals surface area contributed by atoms with Gasteiger partial charge in [0.15, 0.2) is 5.96 Å². The fraction of sp³-hybridized carbons (Fsp3) is 0.526. The van der Waals surface area contributed by atoms with E-state index in [1.165, 1.54) is 10.6 Å². The molecule has 31 heavy (non-hydrogen) atoms. The minimum Gasteiger partial charge on any atom is -0.364 e. The molecule has 0 aliphatic carbocycles. The maximum Gasteiger partial charge on any atom is 0.220 e. The van der Waals surface area contributed by atoms with Crippen molar-refractivity contribution in [1.82, 2.24) is 24.7 Å². The fourth-order valence-electron chi connectivity index (χ4n) is 3.16. The van der Waals surface area contributed by atoms with Gasteiger partial charge in [-0.1, -0.05) is 5.16 Å². The summed E-state index contributed by atoms with van der Waals surface area (Å²) >= 11 is 0. The highest BCUT2D eigenvalue weighted by atomic mass is 127. The van der Waals surface area contributed by atoms with Gasteiger partial charge >= 0.3 is 0 Å². The average Bonchev–Trinajstić information content (AvgIpc) is 3.24. The molecule has 0 aromatic carbocycles. The molecule has 0 spiro atoms. The highest BCUT2D eigenvalue weighted by Crippen LogP contribution is 2.14. The van der Waals surface area contributed by atoms with Crippen molar-refractivity contribution in [3.05, 3.63) is 41.9 Å². The van der Waals surface area contributed by atoms with Gasteiger partial charge in [-0.25, -0.2) is 18.4 Å². The van der Waals surface area contributed by atoms with E-state index in [-0.39, 0.29) is 29.7 Å². The van der Waals surface area contributed by atoms with Gasteiger partial charge in [0.05, 0.1) is 12.2 Å². The molecular weight excluding hydrogens is 533 g/mol. The topological polar surface area (TPSA) is 107 Å². The van der Waals surface area contributed by atoms with E-state index in [9.17, 15) is 8.42 Å². The summed E-state index contributed by atoms with van der Waals surface area (Å²) in [5.41, 5.74) is 1.49. The minimum atomic E-state index is -3.42. The Hall–Kier alpha value is -1.93. The van der Waals surface area contributed by atoms with Crippen LogP contribution in [0.15, 0.2) is 40.2 Å². The van der Waals surface area contributed by atoms with Crippen molar-refractivity contribution in [1.29, 1.82) is 0 Å². The normalized spacial score (nSPS) is 15.5. The molecule has 0 saturated carbocycles. The van der Waals surface area contributed by atoms with Crippen LogP contribution in [0.3, 0.4) is 0 Å². The van der Waals surface area contributed by atoms with Gasteiger partial charge in [0.1, 0.15) is 17.8 Å². The van der Waals surface area contributed by atoms with Crippen LogP contribution in [-0.4, -0.2) is 80.5 Å². The van der Waals surface area contributed by atoms with Crippen LogP contribution in [0.1, 0.15) is 18.2 Å². The lowest BCUT2D eigenvalue weighted by Gasteiger charge is -2.35. The number of hydrogen-bond donors (Lipinski definition) is 1. The third kappa shape index (κ3) is 7.04. The summed E-state index contributed by atoms with van der Waals surface area (Å²) in [6.45, 7) is 5.24. The van der Waals surface area contributed by atoms with Crippen molar-refractivity contribution in [3.8, 4) is 0 Å². The van der Waals surface area contributed by atoms with Crippen LogP contribution in [0.25, 0.3) is 0 Å². The van der Waals surface area contributed by atoms with Gasteiger partial charge in [-0.05, 0) is 24.6 Å². The van der Waals surface area contributed by atoms with E-state index in [0.717, 1.165) is 23.9 Å². The van der Waals surface area contributed by atoms with Gasteiger partial charge in [0.2, 0.25) is 10.0 Å². The van der Waals surface area contributed by atoms with Gasteiger partial charge in [-0.3, -0.25) is 0 Å². The number of aliphatic imine (C=N–C) groups is 1. The maximum absolute atomic E-state index is 12.6. The van der Waals surface area contributed by atoms with Crippen LogP contribution in [-0.2, 0) is 22.3 Å². The lowest BCUT2D eigenvalue weighted by Crippen LogP contribution is -2.53. The monoisotopic (exact) mass is 563 g/mol. The Labute approximate surface area is 200 Å². The number of anilines is 1. The number of sulfonamides is 1. The molecule has 3 heterocycles. The Bertz CT molecular complexity index is 943. The molecule has 1 aliphatic rings. The zero-order chi connectivity index (χ0) is 21.6. The van der Waals surface area contributed by atoms with Crippen molar-refractivity contribution in [2.24, 2.45) is 4.99 Å². The lowest BCUT2D eigenvalue weighted by molar-refractivity contribution is 0.259. The van der Waals surface area contributed by atoms with Crippen molar-refractivity contribution >= 4 is 45.8 Å². The van der Waals surface area contributed by atoms with Crippen LogP contribution in [0.2, 0.25) is 0 Å². The second kappa shape index (κ2) is 11.6. The molecule has 1 aliphatic heterocycles. The van der Waals surface area contributed by atoms with Gasteiger partial charge < -0.3 is 19.6 Å². The molecule has 172 valence electrons. The third-order valence-electron chi connectivity index (χ3n) is 4.77. The van der Waals surface area contributed by atoms with Gasteiger partial charge in [0.25, 0.3) is 0 Å². The molecule has 0 bridgehead atoms. The van der Waals surface area contributed by atoms with E-state index >= 15 is 0 Å². The second-order valence-electron chi connectivity index (χ2n) is 7.22. The van der Waals surface area contributed by atoms with E-state index < -0.39 is 10.0 Å². The first-order valence-electron chi connectivity index (χ1n) is 9.91. The number of nitrogens with one attached hydrogen (secondary N) is 1. The standard InChI is InChI=1S/C19H29N7O3S.HI/c1-4-20-19(22-14-16-5-7-21-18(13-16)24(2)3)25-8-10-26(11-9-25)30(27,28)15-17-6-12-29-23-17;/h5-7,12-13H,4,8-11,14-15H2,1-3H3,(H,20,22);1H. The van der Waals surface area contributed by atoms with E-state index in [2.05, 4.69) is 20.4 Å². The summed E-state index contributed by atoms with van der Waals surface area (Å²) in [6.07, 6.45) is 3.16. The summed E-state index contributed by atoms with van der Waals surface area (Å²) in [5, 5.41) is 7.02. The number of pyridine rings is 1. The first-order chi connectivity index (χ1) is 14.4. The zero-order valence-corrected chi connectivity index (χ0v) is 21.2. The quantitative estimate of drug-likeness (QED) is 0.306. The number of rotatable bonds is 7. The average molecular weight is 563 g/mol. The SMILES string of the molecule is CCNC(=NCc1ccnc(N(C)C)c1)N1CCN(S(=O)(=O)Cc2ccon2)CC1.I. The number of halogens is 1. The van der Waals surface area contributed by atoms with Crippen LogP contribution >= 0.6 is 24.0 Å². The molecule has 1 saturated heterocycles. The Balaban J connectivity index is 0.00000341. The smallest absolute Gasteiger partial charge is 0.220 e. The van der Waals surface area contributed by atoms with Crippen molar-refractivity contribution in [3.63, 3.8) is 0 Å². The van der Waals surface area contributed by atoms with Crippen LogP contribution in [0.5, 0.6) is 0 Å². The van der Waals surface area contributed by atoms with Crippen molar-refractivity contribution < 1.29 is 12.9 Å². The van der Waals surface area contributed by atoms with E-state index in [0.29, 0.717) is 38.4 Å². The van der Waals surface area contributed by atoms with E-state index in [1.807, 2.05) is 38.1 Å². The predicted octanol–water partition coefficient (Wildman–Crippen LogP) is 1.37. The Kier molecular flexibility index (Phi) is 9.50. The Morgan fingerprint density at radius 2 is 2.00 bits per heavy atom. The largest absolute Gasteiger partial charge is 0.364 e. The van der Waals surface area contributed by atoms with Gasteiger partial charge in [0, 0.05) is 59.1 Å². The molecule has 10 nitrogen and oxygen atoms in total. The van der Waals surface area contributed by atoms with Crippen LogP contribution in [0.4, 0.5) is 5.82 Å². The molecule has 1 N–H and O–H groups in total. The van der Waals surface area contributed by atoms with Crippen molar-refractivity contribution in [2.75, 3.05) is 51.7 Å². The molecule has 1 fully saturated rings. The maximum atomic E-state index is 12.6. The highest BCUT2D eigenvalue weighted by molar-refractivity contribution is 14.0. The Morgan fingerprint density at radius 3 is 2.61 bits per heavy atom. The number of guanidine groups is 1. The fourth-order valence-corrected chi connectivity index (χ4v) is 4.59. The summed E-state index contributed by atoms with van der Waals surface area (Å²) in [5.74, 6) is 1.53. The van der Waals surface area contributed by atoms with Crippen molar-refractivity contribution in [2.45, 2.75) is 19.2 Å². The minimum absolute atomic E-state index is 0. The molecule has 3 rings (SSSR count). The highest BCUT2D eigenvalue weighted by Gasteiger charge is 2.29. The molecule has 12 heteroatoms.